The molecule has 0 aliphatic carbocycles. The molecule has 22 heavy (non-hydrogen) atoms. The Kier molecular flexibility index (Phi) is 6.81. The molecule has 0 radical (unpaired) electrons. The summed E-state index contributed by atoms with van der Waals surface area (Å²) in [5.41, 5.74) is 6.68. The highest BCUT2D eigenvalue weighted by atomic mass is 16.3. The minimum absolute atomic E-state index is 0.250. The first-order chi connectivity index (χ1) is 10.5. The van der Waals surface area contributed by atoms with Gasteiger partial charge >= 0.3 is 0 Å². The van der Waals surface area contributed by atoms with Gasteiger partial charge in [-0.15, -0.1) is 0 Å². The van der Waals surface area contributed by atoms with Gasteiger partial charge in [0.25, 0.3) is 6.47 Å². The van der Waals surface area contributed by atoms with E-state index >= 15 is 0 Å². The number of carbonyl (C=O) groups is 1. The zero-order valence-corrected chi connectivity index (χ0v) is 13.0. The third-order valence-corrected chi connectivity index (χ3v) is 2.98. The summed E-state index contributed by atoms with van der Waals surface area (Å²) in [6.07, 6.45) is 6.42. The predicted octanol–water partition coefficient (Wildman–Crippen LogP) is 1.71. The normalized spacial score (nSPS) is 10.0. The van der Waals surface area contributed by atoms with Crippen LogP contribution < -0.4 is 11.1 Å². The van der Waals surface area contributed by atoms with Crippen molar-refractivity contribution in [3.8, 4) is 0 Å². The fourth-order valence-electron chi connectivity index (χ4n) is 1.95. The van der Waals surface area contributed by atoms with Crippen LogP contribution in [0.25, 0.3) is 0 Å². The second kappa shape index (κ2) is 8.60. The van der Waals surface area contributed by atoms with Crippen molar-refractivity contribution in [1.29, 1.82) is 0 Å². The Labute approximate surface area is 129 Å². The van der Waals surface area contributed by atoms with E-state index in [0.717, 1.165) is 23.6 Å². The molecule has 0 amide bonds. The molecule has 120 valence electrons. The number of carboxylic acid groups (broad SMARTS) is 1. The van der Waals surface area contributed by atoms with Crippen molar-refractivity contribution in [3.63, 3.8) is 0 Å². The Hall–Kier alpha value is -2.64. The molecule has 2 rings (SSSR count). The van der Waals surface area contributed by atoms with Gasteiger partial charge in [0.05, 0.1) is 6.54 Å². The molecule has 0 saturated carbocycles. The molecule has 8 nitrogen and oxygen atoms in total. The lowest BCUT2D eigenvalue weighted by Crippen LogP contribution is -2.12. The number of nitrogens with zero attached hydrogens (tertiary/aromatic N) is 4. The third kappa shape index (κ3) is 4.72. The van der Waals surface area contributed by atoms with Gasteiger partial charge in [0, 0.05) is 30.2 Å². The van der Waals surface area contributed by atoms with Gasteiger partial charge in [-0.1, -0.05) is 6.92 Å². The second-order valence-corrected chi connectivity index (χ2v) is 4.76. The number of anilines is 2. The Bertz CT molecular complexity index is 597. The van der Waals surface area contributed by atoms with E-state index in [1.54, 1.807) is 6.20 Å². The van der Waals surface area contributed by atoms with Gasteiger partial charge in [0.2, 0.25) is 5.95 Å². The van der Waals surface area contributed by atoms with E-state index in [1.165, 1.54) is 0 Å². The minimum atomic E-state index is -0.250. The van der Waals surface area contributed by atoms with Crippen LogP contribution in [-0.4, -0.2) is 31.1 Å². The Morgan fingerprint density at radius 2 is 2.14 bits per heavy atom. The summed E-state index contributed by atoms with van der Waals surface area (Å²) in [6.45, 7) is 6.69. The maximum atomic E-state index is 8.36. The molecule has 0 unspecified atom stereocenters. The number of hydrogen-bond donors (Lipinski definition) is 3. The number of nitrogen functional groups attached to an aromatic ring is 1. The summed E-state index contributed by atoms with van der Waals surface area (Å²) in [5, 5.41) is 10.2. The van der Waals surface area contributed by atoms with Crippen molar-refractivity contribution in [1.82, 2.24) is 19.5 Å². The molecule has 0 aliphatic rings. The first kappa shape index (κ1) is 17.4. The highest BCUT2D eigenvalue weighted by molar-refractivity contribution is 5.46. The molecule has 0 aromatic carbocycles. The monoisotopic (exact) mass is 306 g/mol. The van der Waals surface area contributed by atoms with E-state index in [1.807, 2.05) is 12.4 Å². The molecule has 0 bridgehead atoms. The zero-order valence-electron chi connectivity index (χ0n) is 13.0. The largest absolute Gasteiger partial charge is 0.483 e. The van der Waals surface area contributed by atoms with Gasteiger partial charge in [0.1, 0.15) is 11.6 Å². The molecule has 0 aliphatic heterocycles. The fraction of sp³-hybridized carbons (Fsp3) is 0.429. The maximum Gasteiger partial charge on any atom is 0.290 e. The van der Waals surface area contributed by atoms with E-state index in [9.17, 15) is 0 Å². The summed E-state index contributed by atoms with van der Waals surface area (Å²) < 4.78 is 2.13. The van der Waals surface area contributed by atoms with E-state index in [2.05, 4.69) is 45.6 Å². The molecule has 4 N–H and O–H groups in total. The van der Waals surface area contributed by atoms with E-state index in [4.69, 9.17) is 15.6 Å². The Morgan fingerprint density at radius 3 is 2.73 bits per heavy atom. The SMILES string of the molecule is CCc1cnc(N)nc1NCc1nccn1C(C)C.O=CO. The lowest BCUT2D eigenvalue weighted by Gasteiger charge is -2.13. The Balaban J connectivity index is 0.000000745. The van der Waals surface area contributed by atoms with Gasteiger partial charge in [0.15, 0.2) is 0 Å². The number of imidazole rings is 1. The van der Waals surface area contributed by atoms with Crippen molar-refractivity contribution in [3.05, 3.63) is 30.0 Å². The van der Waals surface area contributed by atoms with Gasteiger partial charge in [-0.3, -0.25) is 4.79 Å². The highest BCUT2D eigenvalue weighted by Gasteiger charge is 2.08. The quantitative estimate of drug-likeness (QED) is 0.719. The average Bonchev–Trinajstić information content (AvgIpc) is 2.95. The number of rotatable bonds is 5. The molecular weight excluding hydrogens is 284 g/mol. The van der Waals surface area contributed by atoms with Gasteiger partial charge in [-0.05, 0) is 20.3 Å². The smallest absolute Gasteiger partial charge is 0.290 e. The number of hydrogen-bond acceptors (Lipinski definition) is 6. The molecule has 8 heteroatoms. The van der Waals surface area contributed by atoms with E-state index < -0.39 is 0 Å². The third-order valence-electron chi connectivity index (χ3n) is 2.98. The summed E-state index contributed by atoms with van der Waals surface area (Å²) in [7, 11) is 0. The average molecular weight is 306 g/mol. The topological polar surface area (TPSA) is 119 Å². The second-order valence-electron chi connectivity index (χ2n) is 4.76. The first-order valence-electron chi connectivity index (χ1n) is 6.98. The molecule has 2 aromatic heterocycles. The molecule has 2 heterocycles. The van der Waals surface area contributed by atoms with Crippen LogP contribution >= 0.6 is 0 Å². The van der Waals surface area contributed by atoms with Crippen LogP contribution in [0, 0.1) is 0 Å². The van der Waals surface area contributed by atoms with Crippen LogP contribution in [0.4, 0.5) is 11.8 Å². The molecule has 0 atom stereocenters. The Morgan fingerprint density at radius 1 is 1.45 bits per heavy atom. The highest BCUT2D eigenvalue weighted by Crippen LogP contribution is 2.15. The van der Waals surface area contributed by atoms with Crippen LogP contribution in [0.5, 0.6) is 0 Å². The van der Waals surface area contributed by atoms with Crippen molar-refractivity contribution in [2.45, 2.75) is 39.8 Å². The number of nitrogens with one attached hydrogen (secondary N) is 1. The molecular formula is C14H22N6O2. The standard InChI is InChI=1S/C13H20N6.CH2O2/c1-4-10-7-17-13(14)18-12(10)16-8-11-15-5-6-19(11)9(2)3;2-1-3/h5-7,9H,4,8H2,1-3H3,(H3,14,16,17,18);1H,(H,2,3). The lowest BCUT2D eigenvalue weighted by atomic mass is 10.2. The molecule has 0 spiro atoms. The number of aromatic nitrogens is 4. The van der Waals surface area contributed by atoms with Crippen molar-refractivity contribution in [2.24, 2.45) is 0 Å². The number of nitrogens with two attached hydrogens (primary N) is 1. The summed E-state index contributed by atoms with van der Waals surface area (Å²) >= 11 is 0. The van der Waals surface area contributed by atoms with Crippen molar-refractivity contribution < 1.29 is 9.90 Å². The predicted molar refractivity (Wildman–Crippen MR) is 84.5 cm³/mol. The van der Waals surface area contributed by atoms with Crippen molar-refractivity contribution in [2.75, 3.05) is 11.1 Å². The molecule has 0 saturated heterocycles. The van der Waals surface area contributed by atoms with Crippen LogP contribution in [0.15, 0.2) is 18.6 Å². The van der Waals surface area contributed by atoms with Gasteiger partial charge < -0.3 is 20.7 Å². The first-order valence-corrected chi connectivity index (χ1v) is 6.98. The van der Waals surface area contributed by atoms with Crippen LogP contribution in [0.3, 0.4) is 0 Å². The van der Waals surface area contributed by atoms with Gasteiger partial charge in [-0.25, -0.2) is 9.97 Å². The van der Waals surface area contributed by atoms with Gasteiger partial charge in [-0.2, -0.15) is 4.98 Å². The van der Waals surface area contributed by atoms with E-state index in [-0.39, 0.29) is 12.4 Å². The van der Waals surface area contributed by atoms with E-state index in [0.29, 0.717) is 12.6 Å². The van der Waals surface area contributed by atoms with Crippen LogP contribution in [-0.2, 0) is 17.8 Å². The zero-order chi connectivity index (χ0) is 16.5. The summed E-state index contributed by atoms with van der Waals surface area (Å²) in [5.74, 6) is 2.05. The molecule has 2 aromatic rings. The van der Waals surface area contributed by atoms with Crippen LogP contribution in [0.2, 0.25) is 0 Å². The fourth-order valence-corrected chi connectivity index (χ4v) is 1.95. The van der Waals surface area contributed by atoms with Crippen LogP contribution in [0.1, 0.15) is 38.2 Å². The summed E-state index contributed by atoms with van der Waals surface area (Å²) in [4.78, 5) is 21.0. The summed E-state index contributed by atoms with van der Waals surface area (Å²) in [6, 6.07) is 0.389. The lowest BCUT2D eigenvalue weighted by molar-refractivity contribution is -0.122. The number of aryl methyl sites for hydroxylation is 1. The molecule has 0 fully saturated rings. The van der Waals surface area contributed by atoms with Crippen molar-refractivity contribution >= 4 is 18.2 Å². The minimum Gasteiger partial charge on any atom is -0.483 e. The maximum absolute atomic E-state index is 8.36.